The molecule has 1 amide bonds. The molecule has 0 aliphatic carbocycles. The highest BCUT2D eigenvalue weighted by Crippen LogP contribution is 2.23. The summed E-state index contributed by atoms with van der Waals surface area (Å²) in [5.74, 6) is 0. The number of carbonyl (C=O) groups is 1. The van der Waals surface area contributed by atoms with Crippen LogP contribution in [-0.2, 0) is 4.74 Å². The summed E-state index contributed by atoms with van der Waals surface area (Å²) in [6.07, 6.45) is 1.56. The van der Waals surface area contributed by atoms with Crippen LogP contribution >= 0.6 is 0 Å². The Balaban J connectivity index is 2.04. The van der Waals surface area contributed by atoms with Gasteiger partial charge in [0.05, 0.1) is 0 Å². The minimum atomic E-state index is -0.451. The number of ether oxygens (including phenoxy) is 1. The molecule has 4 nitrogen and oxygen atoms in total. The van der Waals surface area contributed by atoms with Crippen LogP contribution in [0.3, 0.4) is 0 Å². The van der Waals surface area contributed by atoms with Crippen molar-refractivity contribution in [3.05, 3.63) is 47.2 Å². The minimum absolute atomic E-state index is 0.219. The van der Waals surface area contributed by atoms with Crippen molar-refractivity contribution >= 4 is 6.09 Å². The first-order valence-electron chi connectivity index (χ1n) is 8.80. The molecule has 0 bridgehead atoms. The number of nitrogens with one attached hydrogen (secondary N) is 1. The van der Waals surface area contributed by atoms with Crippen LogP contribution in [0.25, 0.3) is 0 Å². The Bertz CT molecular complexity index is 587. The fourth-order valence-corrected chi connectivity index (χ4v) is 2.90. The van der Waals surface area contributed by atoms with Gasteiger partial charge in [0, 0.05) is 31.2 Å². The van der Waals surface area contributed by atoms with Crippen molar-refractivity contribution in [2.24, 2.45) is 0 Å². The second-order valence-corrected chi connectivity index (χ2v) is 7.36. The van der Waals surface area contributed by atoms with E-state index in [1.165, 1.54) is 16.8 Å². The Morgan fingerprint density at radius 1 is 1.29 bits per heavy atom. The molecule has 1 aliphatic rings. The standard InChI is InChI=1S/C20H30N2O2/c1-6-16-14-22(19(23)24-20(3,4)5)13-12-18(16)21-15(2)17-10-8-7-9-11-17/h7-11,15,21H,6,12-14H2,1-5H3/t15-/m1/s1. The summed E-state index contributed by atoms with van der Waals surface area (Å²) in [6.45, 7) is 11.4. The number of carbonyl (C=O) groups excluding carboxylic acids is 1. The van der Waals surface area contributed by atoms with Gasteiger partial charge in [0.1, 0.15) is 5.60 Å². The van der Waals surface area contributed by atoms with Crippen molar-refractivity contribution in [2.45, 2.75) is 59.1 Å². The predicted octanol–water partition coefficient (Wildman–Crippen LogP) is 4.64. The zero-order valence-electron chi connectivity index (χ0n) is 15.6. The molecule has 1 aromatic carbocycles. The van der Waals surface area contributed by atoms with Gasteiger partial charge in [-0.25, -0.2) is 4.79 Å². The Hall–Kier alpha value is -1.97. The average molecular weight is 330 g/mol. The van der Waals surface area contributed by atoms with Gasteiger partial charge in [0.15, 0.2) is 0 Å². The first-order valence-corrected chi connectivity index (χ1v) is 8.80. The number of nitrogens with zero attached hydrogens (tertiary/aromatic N) is 1. The lowest BCUT2D eigenvalue weighted by molar-refractivity contribution is 0.0256. The molecule has 1 atom stereocenters. The molecule has 0 fully saturated rings. The van der Waals surface area contributed by atoms with Gasteiger partial charge in [-0.3, -0.25) is 0 Å². The molecule has 1 aromatic rings. The second-order valence-electron chi connectivity index (χ2n) is 7.36. The van der Waals surface area contributed by atoms with Gasteiger partial charge in [-0.15, -0.1) is 0 Å². The van der Waals surface area contributed by atoms with Gasteiger partial charge in [-0.05, 0) is 45.3 Å². The van der Waals surface area contributed by atoms with Crippen LogP contribution in [0.4, 0.5) is 4.79 Å². The van der Waals surface area contributed by atoms with Crippen molar-refractivity contribution in [3.63, 3.8) is 0 Å². The topological polar surface area (TPSA) is 41.6 Å². The van der Waals surface area contributed by atoms with Gasteiger partial charge in [0.2, 0.25) is 0 Å². The van der Waals surface area contributed by atoms with E-state index in [4.69, 9.17) is 4.74 Å². The molecule has 24 heavy (non-hydrogen) atoms. The average Bonchev–Trinajstić information content (AvgIpc) is 2.54. The number of benzene rings is 1. The van der Waals surface area contributed by atoms with E-state index in [2.05, 4.69) is 43.4 Å². The fraction of sp³-hybridized carbons (Fsp3) is 0.550. The van der Waals surface area contributed by atoms with Crippen LogP contribution in [0, 0.1) is 0 Å². The van der Waals surface area contributed by atoms with Crippen molar-refractivity contribution in [3.8, 4) is 0 Å². The first-order chi connectivity index (χ1) is 11.3. The van der Waals surface area contributed by atoms with Crippen LogP contribution < -0.4 is 5.32 Å². The summed E-state index contributed by atoms with van der Waals surface area (Å²) in [5.41, 5.74) is 3.38. The third-order valence-corrected chi connectivity index (χ3v) is 4.21. The molecular formula is C20H30N2O2. The predicted molar refractivity (Wildman–Crippen MR) is 97.7 cm³/mol. The van der Waals surface area contributed by atoms with Crippen LogP contribution in [0.5, 0.6) is 0 Å². The summed E-state index contributed by atoms with van der Waals surface area (Å²) < 4.78 is 5.50. The number of rotatable bonds is 4. The number of hydrogen-bond donors (Lipinski definition) is 1. The van der Waals surface area contributed by atoms with Crippen molar-refractivity contribution in [1.82, 2.24) is 10.2 Å². The Morgan fingerprint density at radius 2 is 1.96 bits per heavy atom. The molecule has 0 spiro atoms. The maximum Gasteiger partial charge on any atom is 0.410 e. The van der Waals surface area contributed by atoms with Crippen molar-refractivity contribution in [2.75, 3.05) is 13.1 Å². The lowest BCUT2D eigenvalue weighted by atomic mass is 10.0. The molecule has 132 valence electrons. The molecule has 1 N–H and O–H groups in total. The largest absolute Gasteiger partial charge is 0.444 e. The van der Waals surface area contributed by atoms with Gasteiger partial charge in [-0.1, -0.05) is 37.3 Å². The molecule has 0 aromatic heterocycles. The molecule has 2 rings (SSSR count). The van der Waals surface area contributed by atoms with E-state index < -0.39 is 5.60 Å². The fourth-order valence-electron chi connectivity index (χ4n) is 2.90. The van der Waals surface area contributed by atoms with Gasteiger partial charge >= 0.3 is 6.09 Å². The minimum Gasteiger partial charge on any atom is -0.444 e. The summed E-state index contributed by atoms with van der Waals surface area (Å²) in [4.78, 5) is 14.1. The zero-order chi connectivity index (χ0) is 17.7. The first kappa shape index (κ1) is 18.4. The molecule has 0 saturated carbocycles. The van der Waals surface area contributed by atoms with Gasteiger partial charge in [-0.2, -0.15) is 0 Å². The van der Waals surface area contributed by atoms with E-state index in [0.717, 1.165) is 12.8 Å². The van der Waals surface area contributed by atoms with E-state index in [1.807, 2.05) is 31.7 Å². The van der Waals surface area contributed by atoms with Crippen molar-refractivity contribution < 1.29 is 9.53 Å². The molecule has 1 aliphatic heterocycles. The molecule has 1 heterocycles. The van der Waals surface area contributed by atoms with E-state index in [1.54, 1.807) is 0 Å². The quantitative estimate of drug-likeness (QED) is 0.874. The van der Waals surface area contributed by atoms with Gasteiger partial charge in [0.25, 0.3) is 0 Å². The Kier molecular flexibility index (Phi) is 5.92. The van der Waals surface area contributed by atoms with Crippen LogP contribution in [-0.4, -0.2) is 29.7 Å². The van der Waals surface area contributed by atoms with E-state index in [0.29, 0.717) is 13.1 Å². The third kappa shape index (κ3) is 5.02. The van der Waals surface area contributed by atoms with E-state index >= 15 is 0 Å². The Labute approximate surface area is 145 Å². The summed E-state index contributed by atoms with van der Waals surface area (Å²) >= 11 is 0. The zero-order valence-corrected chi connectivity index (χ0v) is 15.6. The highest BCUT2D eigenvalue weighted by atomic mass is 16.6. The summed E-state index contributed by atoms with van der Waals surface area (Å²) in [5, 5.41) is 3.64. The lowest BCUT2D eigenvalue weighted by Crippen LogP contribution is -2.42. The van der Waals surface area contributed by atoms with Crippen LogP contribution in [0.2, 0.25) is 0 Å². The summed E-state index contributed by atoms with van der Waals surface area (Å²) in [7, 11) is 0. The smallest absolute Gasteiger partial charge is 0.410 e. The molecule has 4 heteroatoms. The highest BCUT2D eigenvalue weighted by molar-refractivity contribution is 5.69. The number of hydrogen-bond acceptors (Lipinski definition) is 3. The lowest BCUT2D eigenvalue weighted by Gasteiger charge is -2.33. The maximum absolute atomic E-state index is 12.3. The van der Waals surface area contributed by atoms with E-state index in [9.17, 15) is 4.79 Å². The maximum atomic E-state index is 12.3. The highest BCUT2D eigenvalue weighted by Gasteiger charge is 2.26. The number of amides is 1. The van der Waals surface area contributed by atoms with Crippen LogP contribution in [0.15, 0.2) is 41.6 Å². The van der Waals surface area contributed by atoms with Crippen molar-refractivity contribution in [1.29, 1.82) is 0 Å². The molecule has 0 radical (unpaired) electrons. The third-order valence-electron chi connectivity index (χ3n) is 4.21. The normalized spacial score (nSPS) is 16.8. The SMILES string of the molecule is CCC1=C(N[C@H](C)c2ccccc2)CCN(C(=O)OC(C)(C)C)C1. The second kappa shape index (κ2) is 7.73. The molecule has 0 unspecified atom stereocenters. The van der Waals surface area contributed by atoms with Gasteiger partial charge < -0.3 is 15.0 Å². The summed E-state index contributed by atoms with van der Waals surface area (Å²) in [6, 6.07) is 10.7. The van der Waals surface area contributed by atoms with Crippen LogP contribution in [0.1, 0.15) is 59.1 Å². The monoisotopic (exact) mass is 330 g/mol. The molecular weight excluding hydrogens is 300 g/mol. The molecule has 0 saturated heterocycles. The Morgan fingerprint density at radius 3 is 2.54 bits per heavy atom. The van der Waals surface area contributed by atoms with E-state index in [-0.39, 0.29) is 12.1 Å².